The topological polar surface area (TPSA) is 59.1 Å². The summed E-state index contributed by atoms with van der Waals surface area (Å²) in [4.78, 5) is 29.8. The number of carbonyl (C=O) groups excluding carboxylic acids is 2. The second-order valence-corrected chi connectivity index (χ2v) is 5.61. The molecule has 1 aromatic heterocycles. The lowest BCUT2D eigenvalue weighted by Crippen LogP contribution is -2.22. The minimum absolute atomic E-state index is 0.110. The minimum atomic E-state index is -0.121. The summed E-state index contributed by atoms with van der Waals surface area (Å²) in [7, 11) is 0. The molecule has 0 bridgehead atoms. The molecule has 0 aliphatic heterocycles. The molecule has 0 saturated heterocycles. The Hall–Kier alpha value is -3.27. The standard InChI is InChI=1S/C20H14N2O2/c23-19-14-7-1-2-8-15(14)20(24)18-16(19)9-5-10-17(18)22-12-13-6-3-4-11-21-13/h1-11,22H,12H2. The number of fused-ring (bicyclic) bond motifs is 2. The van der Waals surface area contributed by atoms with Crippen molar-refractivity contribution in [2.45, 2.75) is 6.54 Å². The summed E-state index contributed by atoms with van der Waals surface area (Å²) in [6, 6.07) is 17.9. The predicted molar refractivity (Wildman–Crippen MR) is 91.3 cm³/mol. The van der Waals surface area contributed by atoms with Gasteiger partial charge in [-0.15, -0.1) is 0 Å². The first-order chi connectivity index (χ1) is 11.8. The number of aromatic nitrogens is 1. The van der Waals surface area contributed by atoms with E-state index in [4.69, 9.17) is 0 Å². The van der Waals surface area contributed by atoms with E-state index in [2.05, 4.69) is 10.3 Å². The van der Waals surface area contributed by atoms with Crippen molar-refractivity contribution in [2.24, 2.45) is 0 Å². The number of anilines is 1. The van der Waals surface area contributed by atoms with Crippen LogP contribution in [0.3, 0.4) is 0 Å². The minimum Gasteiger partial charge on any atom is -0.379 e. The van der Waals surface area contributed by atoms with Gasteiger partial charge in [0.25, 0.3) is 0 Å². The lowest BCUT2D eigenvalue weighted by Gasteiger charge is -2.20. The SMILES string of the molecule is O=C1c2ccccc2C(=O)c2c(NCc3ccccn3)cccc21. The van der Waals surface area contributed by atoms with Crippen molar-refractivity contribution in [1.82, 2.24) is 4.98 Å². The molecule has 4 rings (SSSR count). The molecule has 1 aliphatic carbocycles. The fraction of sp³-hybridized carbons (Fsp3) is 0.0500. The van der Waals surface area contributed by atoms with Gasteiger partial charge in [-0.05, 0) is 18.2 Å². The van der Waals surface area contributed by atoms with Crippen molar-refractivity contribution >= 4 is 17.3 Å². The van der Waals surface area contributed by atoms with Crippen molar-refractivity contribution in [3.05, 3.63) is 94.8 Å². The Morgan fingerprint density at radius 1 is 0.750 bits per heavy atom. The first-order valence-corrected chi connectivity index (χ1v) is 7.71. The molecule has 1 heterocycles. The molecular formula is C20H14N2O2. The Balaban J connectivity index is 1.74. The van der Waals surface area contributed by atoms with Crippen LogP contribution in [0.2, 0.25) is 0 Å². The van der Waals surface area contributed by atoms with E-state index in [9.17, 15) is 9.59 Å². The van der Waals surface area contributed by atoms with Gasteiger partial charge in [0.2, 0.25) is 0 Å². The number of nitrogens with one attached hydrogen (secondary N) is 1. The van der Waals surface area contributed by atoms with Gasteiger partial charge in [0, 0.05) is 28.6 Å². The molecule has 4 nitrogen and oxygen atoms in total. The Labute approximate surface area is 139 Å². The quantitative estimate of drug-likeness (QED) is 0.629. The van der Waals surface area contributed by atoms with E-state index in [1.165, 1.54) is 0 Å². The average molecular weight is 314 g/mol. The first kappa shape index (κ1) is 14.3. The van der Waals surface area contributed by atoms with Crippen LogP contribution in [0.5, 0.6) is 0 Å². The number of benzene rings is 2. The summed E-state index contributed by atoms with van der Waals surface area (Å²) in [5, 5.41) is 3.24. The Morgan fingerprint density at radius 2 is 1.46 bits per heavy atom. The van der Waals surface area contributed by atoms with Gasteiger partial charge >= 0.3 is 0 Å². The highest BCUT2D eigenvalue weighted by Crippen LogP contribution is 2.32. The van der Waals surface area contributed by atoms with Crippen molar-refractivity contribution in [1.29, 1.82) is 0 Å². The van der Waals surface area contributed by atoms with Gasteiger partial charge in [0.1, 0.15) is 0 Å². The lowest BCUT2D eigenvalue weighted by molar-refractivity contribution is 0.0979. The summed E-state index contributed by atoms with van der Waals surface area (Å²) in [5.74, 6) is -0.231. The molecule has 0 spiro atoms. The third-order valence-electron chi connectivity index (χ3n) is 4.14. The van der Waals surface area contributed by atoms with Crippen LogP contribution in [0.15, 0.2) is 66.9 Å². The van der Waals surface area contributed by atoms with E-state index in [1.54, 1.807) is 42.6 Å². The summed E-state index contributed by atoms with van der Waals surface area (Å²) < 4.78 is 0. The van der Waals surface area contributed by atoms with Crippen LogP contribution in [0.1, 0.15) is 37.5 Å². The van der Waals surface area contributed by atoms with Gasteiger partial charge < -0.3 is 5.32 Å². The maximum atomic E-state index is 12.9. The summed E-state index contributed by atoms with van der Waals surface area (Å²) in [6.07, 6.45) is 1.72. The number of nitrogens with zero attached hydrogens (tertiary/aromatic N) is 1. The van der Waals surface area contributed by atoms with Crippen LogP contribution >= 0.6 is 0 Å². The largest absolute Gasteiger partial charge is 0.379 e. The van der Waals surface area contributed by atoms with Gasteiger partial charge in [-0.3, -0.25) is 14.6 Å². The van der Waals surface area contributed by atoms with Crippen molar-refractivity contribution in [3.63, 3.8) is 0 Å². The Bertz CT molecular complexity index is 949. The molecule has 1 aliphatic rings. The first-order valence-electron chi connectivity index (χ1n) is 7.71. The molecule has 1 N–H and O–H groups in total. The maximum Gasteiger partial charge on any atom is 0.196 e. The predicted octanol–water partition coefficient (Wildman–Crippen LogP) is 3.47. The molecule has 0 unspecified atom stereocenters. The van der Waals surface area contributed by atoms with Crippen molar-refractivity contribution in [2.75, 3.05) is 5.32 Å². The van der Waals surface area contributed by atoms with E-state index in [0.717, 1.165) is 5.69 Å². The Kier molecular flexibility index (Phi) is 3.43. The summed E-state index contributed by atoms with van der Waals surface area (Å²) in [6.45, 7) is 0.487. The zero-order chi connectivity index (χ0) is 16.5. The zero-order valence-electron chi connectivity index (χ0n) is 12.8. The highest BCUT2D eigenvalue weighted by atomic mass is 16.1. The summed E-state index contributed by atoms with van der Waals surface area (Å²) >= 11 is 0. The van der Waals surface area contributed by atoms with Gasteiger partial charge in [-0.25, -0.2) is 0 Å². The lowest BCUT2D eigenvalue weighted by atomic mass is 9.83. The number of carbonyl (C=O) groups is 2. The fourth-order valence-corrected chi connectivity index (χ4v) is 2.98. The van der Waals surface area contributed by atoms with Crippen LogP contribution in [0.25, 0.3) is 0 Å². The fourth-order valence-electron chi connectivity index (χ4n) is 2.98. The van der Waals surface area contributed by atoms with E-state index in [1.807, 2.05) is 24.3 Å². The normalized spacial score (nSPS) is 12.5. The number of hydrogen-bond acceptors (Lipinski definition) is 4. The second kappa shape index (κ2) is 5.74. The number of ketones is 2. The smallest absolute Gasteiger partial charge is 0.196 e. The maximum absolute atomic E-state index is 12.9. The zero-order valence-corrected chi connectivity index (χ0v) is 12.8. The molecule has 3 aromatic rings. The molecule has 0 radical (unpaired) electrons. The average Bonchev–Trinajstić information content (AvgIpc) is 2.65. The summed E-state index contributed by atoms with van der Waals surface area (Å²) in [5.41, 5.74) is 3.34. The number of hydrogen-bond donors (Lipinski definition) is 1. The highest BCUT2D eigenvalue weighted by molar-refractivity contribution is 6.30. The van der Waals surface area contributed by atoms with Crippen LogP contribution < -0.4 is 5.32 Å². The Morgan fingerprint density at radius 3 is 2.21 bits per heavy atom. The van der Waals surface area contributed by atoms with E-state index < -0.39 is 0 Å². The van der Waals surface area contributed by atoms with Crippen LogP contribution in [0, 0.1) is 0 Å². The molecule has 0 fully saturated rings. The van der Waals surface area contributed by atoms with Gasteiger partial charge in [-0.1, -0.05) is 42.5 Å². The third-order valence-corrected chi connectivity index (χ3v) is 4.14. The molecule has 4 heteroatoms. The monoisotopic (exact) mass is 314 g/mol. The van der Waals surface area contributed by atoms with Crippen LogP contribution in [-0.2, 0) is 6.54 Å². The molecule has 0 amide bonds. The van der Waals surface area contributed by atoms with Gasteiger partial charge in [0.15, 0.2) is 11.6 Å². The van der Waals surface area contributed by atoms with Crippen LogP contribution in [0.4, 0.5) is 5.69 Å². The number of rotatable bonds is 3. The number of pyridine rings is 1. The van der Waals surface area contributed by atoms with Crippen LogP contribution in [-0.4, -0.2) is 16.6 Å². The van der Waals surface area contributed by atoms with E-state index in [-0.39, 0.29) is 11.6 Å². The molecule has 0 atom stereocenters. The molecule has 24 heavy (non-hydrogen) atoms. The molecule has 0 saturated carbocycles. The highest BCUT2D eigenvalue weighted by Gasteiger charge is 2.31. The molecule has 2 aromatic carbocycles. The van der Waals surface area contributed by atoms with Crippen molar-refractivity contribution in [3.8, 4) is 0 Å². The second-order valence-electron chi connectivity index (χ2n) is 5.61. The van der Waals surface area contributed by atoms with E-state index >= 15 is 0 Å². The van der Waals surface area contributed by atoms with Crippen molar-refractivity contribution < 1.29 is 9.59 Å². The van der Waals surface area contributed by atoms with E-state index in [0.29, 0.717) is 34.5 Å². The molecular weight excluding hydrogens is 300 g/mol. The van der Waals surface area contributed by atoms with Gasteiger partial charge in [0.05, 0.1) is 17.8 Å². The third kappa shape index (κ3) is 2.29. The molecule has 116 valence electrons. The van der Waals surface area contributed by atoms with Gasteiger partial charge in [-0.2, -0.15) is 0 Å².